The predicted molar refractivity (Wildman–Crippen MR) is 143 cm³/mol. The van der Waals surface area contributed by atoms with Crippen molar-refractivity contribution in [2.45, 2.75) is 32.7 Å². The van der Waals surface area contributed by atoms with E-state index in [9.17, 15) is 4.79 Å². The summed E-state index contributed by atoms with van der Waals surface area (Å²) in [6.07, 6.45) is 6.46. The largest absolute Gasteiger partial charge is 0.333 e. The van der Waals surface area contributed by atoms with Gasteiger partial charge in [0.05, 0.1) is 17.3 Å². The monoisotopic (exact) mass is 563 g/mol. The van der Waals surface area contributed by atoms with E-state index in [1.807, 2.05) is 59.3 Å². The normalized spacial score (nSPS) is 11.2. The summed E-state index contributed by atoms with van der Waals surface area (Å²) in [5, 5.41) is 14.6. The molecule has 0 aliphatic rings. The quantitative estimate of drug-likeness (QED) is 0.261. The number of imidazole rings is 1. The highest BCUT2D eigenvalue weighted by atomic mass is 79.9. The Morgan fingerprint density at radius 2 is 1.92 bits per heavy atom. The molecular formula is C26H23BrClN7O. The number of H-pyrrole nitrogens is 1. The van der Waals surface area contributed by atoms with Crippen molar-refractivity contribution >= 4 is 27.5 Å². The number of benzene rings is 2. The Morgan fingerprint density at radius 3 is 2.64 bits per heavy atom. The van der Waals surface area contributed by atoms with Crippen LogP contribution in [0.5, 0.6) is 0 Å². The zero-order valence-corrected chi connectivity index (χ0v) is 21.9. The molecule has 3 aromatic heterocycles. The number of aryl methyl sites for hydroxylation is 1. The van der Waals surface area contributed by atoms with Crippen LogP contribution in [-0.4, -0.2) is 34.7 Å². The molecule has 10 heteroatoms. The Hall–Kier alpha value is -3.56. The van der Waals surface area contributed by atoms with Gasteiger partial charge in [-0.05, 0) is 68.5 Å². The van der Waals surface area contributed by atoms with Crippen LogP contribution < -0.4 is 5.69 Å². The molecule has 0 radical (unpaired) electrons. The van der Waals surface area contributed by atoms with Gasteiger partial charge in [-0.2, -0.15) is 0 Å². The van der Waals surface area contributed by atoms with Crippen LogP contribution in [0.1, 0.15) is 31.0 Å². The minimum atomic E-state index is -0.119. The third-order valence-electron chi connectivity index (χ3n) is 6.01. The maximum absolute atomic E-state index is 13.5. The summed E-state index contributed by atoms with van der Waals surface area (Å²) < 4.78 is 4.24. The lowest BCUT2D eigenvalue weighted by atomic mass is 10.0. The van der Waals surface area contributed by atoms with Crippen LogP contribution in [0.25, 0.3) is 28.3 Å². The molecule has 0 atom stereocenters. The molecule has 5 rings (SSSR count). The second-order valence-corrected chi connectivity index (χ2v) is 9.64. The Morgan fingerprint density at radius 1 is 1.08 bits per heavy atom. The van der Waals surface area contributed by atoms with E-state index >= 15 is 0 Å². The number of aromatic nitrogens is 7. The Labute approximate surface area is 221 Å². The van der Waals surface area contributed by atoms with Crippen LogP contribution in [0.3, 0.4) is 0 Å². The molecule has 0 spiro atoms. The van der Waals surface area contributed by atoms with Gasteiger partial charge in [0, 0.05) is 28.1 Å². The van der Waals surface area contributed by atoms with E-state index in [2.05, 4.69) is 48.5 Å². The molecule has 0 bridgehead atoms. The third-order valence-corrected chi connectivity index (χ3v) is 6.95. The predicted octanol–water partition coefficient (Wildman–Crippen LogP) is 5.69. The number of hydrogen-bond acceptors (Lipinski definition) is 5. The van der Waals surface area contributed by atoms with Crippen LogP contribution in [0.2, 0.25) is 5.02 Å². The molecule has 0 amide bonds. The minimum absolute atomic E-state index is 0.119. The number of nitrogens with one attached hydrogen (secondary N) is 1. The molecule has 0 unspecified atom stereocenters. The number of rotatable bonds is 8. The molecule has 0 saturated heterocycles. The first-order chi connectivity index (χ1) is 17.6. The maximum Gasteiger partial charge on any atom is 0.333 e. The zero-order chi connectivity index (χ0) is 25.1. The summed E-state index contributed by atoms with van der Waals surface area (Å²) in [6.45, 7) is 2.60. The molecule has 8 nitrogen and oxygen atoms in total. The molecule has 0 fully saturated rings. The number of aromatic amines is 1. The number of nitrogens with zero attached hydrogens (tertiary/aromatic N) is 6. The van der Waals surface area contributed by atoms with E-state index in [-0.39, 0.29) is 5.69 Å². The van der Waals surface area contributed by atoms with Crippen molar-refractivity contribution in [2.75, 3.05) is 0 Å². The first-order valence-electron chi connectivity index (χ1n) is 11.6. The first-order valence-corrected chi connectivity index (χ1v) is 12.8. The molecular weight excluding hydrogens is 542 g/mol. The summed E-state index contributed by atoms with van der Waals surface area (Å²) >= 11 is 10.0. The second-order valence-electron chi connectivity index (χ2n) is 8.38. The van der Waals surface area contributed by atoms with Crippen molar-refractivity contribution in [1.82, 2.24) is 34.7 Å². The summed E-state index contributed by atoms with van der Waals surface area (Å²) in [7, 11) is 0. The van der Waals surface area contributed by atoms with Crippen LogP contribution >= 0.6 is 27.5 Å². The van der Waals surface area contributed by atoms with E-state index in [0.29, 0.717) is 28.8 Å². The SMILES string of the molecule is CCCCc1cn(-c2c(Cl)cccc2Br)c(=O)n1Cc1ccc(-c2cccnc2-c2nnn[nH]2)cc1. The van der Waals surface area contributed by atoms with Crippen molar-refractivity contribution in [1.29, 1.82) is 0 Å². The molecule has 36 heavy (non-hydrogen) atoms. The highest BCUT2D eigenvalue weighted by Crippen LogP contribution is 2.29. The topological polar surface area (TPSA) is 94.3 Å². The van der Waals surface area contributed by atoms with Crippen molar-refractivity contribution in [3.63, 3.8) is 0 Å². The minimum Gasteiger partial charge on any atom is -0.292 e. The van der Waals surface area contributed by atoms with Gasteiger partial charge in [0.1, 0.15) is 5.69 Å². The molecule has 2 aromatic carbocycles. The van der Waals surface area contributed by atoms with Gasteiger partial charge in [-0.3, -0.25) is 14.1 Å². The van der Waals surface area contributed by atoms with Gasteiger partial charge in [0.25, 0.3) is 0 Å². The van der Waals surface area contributed by atoms with E-state index in [4.69, 9.17) is 11.6 Å². The highest BCUT2D eigenvalue weighted by Gasteiger charge is 2.17. The van der Waals surface area contributed by atoms with Gasteiger partial charge >= 0.3 is 5.69 Å². The molecule has 1 N–H and O–H groups in total. The first kappa shape index (κ1) is 24.1. The molecule has 0 saturated carbocycles. The van der Waals surface area contributed by atoms with E-state index < -0.39 is 0 Å². The average molecular weight is 565 g/mol. The number of para-hydroxylation sites is 1. The van der Waals surface area contributed by atoms with Crippen molar-refractivity contribution in [3.8, 4) is 28.3 Å². The average Bonchev–Trinajstić information content (AvgIpc) is 3.53. The van der Waals surface area contributed by atoms with Crippen LogP contribution in [-0.2, 0) is 13.0 Å². The van der Waals surface area contributed by atoms with Gasteiger partial charge < -0.3 is 0 Å². The summed E-state index contributed by atoms with van der Waals surface area (Å²) in [5.74, 6) is 0.508. The summed E-state index contributed by atoms with van der Waals surface area (Å²) in [6, 6.07) is 17.5. The lowest BCUT2D eigenvalue weighted by Crippen LogP contribution is -2.25. The number of pyridine rings is 1. The van der Waals surface area contributed by atoms with Gasteiger partial charge in [-0.1, -0.05) is 61.3 Å². The third kappa shape index (κ3) is 4.76. The van der Waals surface area contributed by atoms with Crippen LogP contribution in [0, 0.1) is 0 Å². The maximum atomic E-state index is 13.5. The lowest BCUT2D eigenvalue weighted by molar-refractivity contribution is 0.674. The van der Waals surface area contributed by atoms with Crippen molar-refractivity contribution < 1.29 is 0 Å². The fraction of sp³-hybridized carbons (Fsp3) is 0.192. The fourth-order valence-electron chi connectivity index (χ4n) is 4.19. The Bertz CT molecular complexity index is 1520. The molecule has 0 aliphatic heterocycles. The lowest BCUT2D eigenvalue weighted by Gasteiger charge is -2.10. The molecule has 182 valence electrons. The van der Waals surface area contributed by atoms with Crippen molar-refractivity contribution in [2.24, 2.45) is 0 Å². The Balaban J connectivity index is 1.49. The number of hydrogen-bond donors (Lipinski definition) is 1. The standard InChI is InChI=1S/C26H23BrClN7O/c1-2-3-6-19-16-35(24-21(27)8-4-9-22(24)28)26(36)34(19)15-17-10-12-18(13-11-17)20-7-5-14-29-23(20)25-30-32-33-31-25/h4-5,7-14,16H,2-3,6,15H2,1H3,(H,30,31,32,33). The van der Waals surface area contributed by atoms with Crippen molar-refractivity contribution in [3.05, 3.63) is 98.2 Å². The van der Waals surface area contributed by atoms with Crippen LogP contribution in [0.15, 0.2) is 76.3 Å². The summed E-state index contributed by atoms with van der Waals surface area (Å²) in [5.41, 5.74) is 5.10. The smallest absolute Gasteiger partial charge is 0.292 e. The molecule has 0 aliphatic carbocycles. The molecule has 3 heterocycles. The van der Waals surface area contributed by atoms with E-state index in [1.54, 1.807) is 16.8 Å². The number of tetrazole rings is 1. The van der Waals surface area contributed by atoms with Crippen LogP contribution in [0.4, 0.5) is 0 Å². The van der Waals surface area contributed by atoms with E-state index in [0.717, 1.165) is 46.1 Å². The molecule has 5 aromatic rings. The van der Waals surface area contributed by atoms with E-state index in [1.165, 1.54) is 0 Å². The second kappa shape index (κ2) is 10.6. The zero-order valence-electron chi connectivity index (χ0n) is 19.5. The van der Waals surface area contributed by atoms with Gasteiger partial charge in [-0.25, -0.2) is 9.89 Å². The summed E-state index contributed by atoms with van der Waals surface area (Å²) in [4.78, 5) is 18.0. The number of halogens is 2. The Kier molecular flexibility index (Phi) is 7.11. The van der Waals surface area contributed by atoms with Gasteiger partial charge in [0.15, 0.2) is 5.82 Å². The highest BCUT2D eigenvalue weighted by molar-refractivity contribution is 9.10. The fourth-order valence-corrected chi connectivity index (χ4v) is 5.13. The number of unbranched alkanes of at least 4 members (excludes halogenated alkanes) is 1. The van der Waals surface area contributed by atoms with Gasteiger partial charge in [0.2, 0.25) is 0 Å². The van der Waals surface area contributed by atoms with Gasteiger partial charge in [-0.15, -0.1) is 5.10 Å².